The van der Waals surface area contributed by atoms with Crippen molar-refractivity contribution in [2.45, 2.75) is 0 Å². The molecule has 0 aliphatic rings. The number of anilines is 2. The molecule has 110 valence electrons. The van der Waals surface area contributed by atoms with Gasteiger partial charge in [0.05, 0.1) is 12.8 Å². The lowest BCUT2D eigenvalue weighted by Gasteiger charge is -2.12. The predicted molar refractivity (Wildman–Crippen MR) is 79.7 cm³/mol. The molecular formula is C14H11BrF2N2O2. The Morgan fingerprint density at radius 1 is 1.14 bits per heavy atom. The number of para-hydroxylation sites is 2. The first kappa shape index (κ1) is 15.2. The lowest BCUT2D eigenvalue weighted by atomic mass is 10.3. The van der Waals surface area contributed by atoms with Crippen molar-refractivity contribution in [3.63, 3.8) is 0 Å². The number of nitrogens with one attached hydrogen (secondary N) is 2. The van der Waals surface area contributed by atoms with Crippen molar-refractivity contribution in [3.8, 4) is 5.75 Å². The second-order valence-corrected chi connectivity index (χ2v) is 4.94. The van der Waals surface area contributed by atoms with Crippen LogP contribution in [0.1, 0.15) is 0 Å². The predicted octanol–water partition coefficient (Wildman–Crippen LogP) is 4.38. The lowest BCUT2D eigenvalue weighted by Crippen LogP contribution is -2.21. The van der Waals surface area contributed by atoms with Gasteiger partial charge in [-0.2, -0.15) is 0 Å². The fourth-order valence-electron chi connectivity index (χ4n) is 1.68. The number of hydrogen-bond donors (Lipinski definition) is 2. The molecule has 21 heavy (non-hydrogen) atoms. The number of benzene rings is 2. The van der Waals surface area contributed by atoms with E-state index in [1.165, 1.54) is 7.11 Å². The minimum Gasteiger partial charge on any atom is -0.495 e. The third-order valence-electron chi connectivity index (χ3n) is 2.60. The van der Waals surface area contributed by atoms with E-state index in [0.717, 1.165) is 12.1 Å². The molecule has 2 rings (SSSR count). The SMILES string of the molecule is COc1ccccc1NC(=O)Nc1c(F)cc(Br)cc1F. The highest BCUT2D eigenvalue weighted by Gasteiger charge is 2.14. The van der Waals surface area contributed by atoms with Crippen LogP contribution >= 0.6 is 15.9 Å². The Balaban J connectivity index is 2.16. The highest BCUT2D eigenvalue weighted by atomic mass is 79.9. The Labute approximate surface area is 128 Å². The molecule has 0 heterocycles. The minimum absolute atomic E-state index is 0.244. The van der Waals surface area contributed by atoms with Gasteiger partial charge in [-0.1, -0.05) is 28.1 Å². The van der Waals surface area contributed by atoms with Gasteiger partial charge in [-0.05, 0) is 24.3 Å². The number of amides is 2. The third kappa shape index (κ3) is 3.69. The smallest absolute Gasteiger partial charge is 0.323 e. The maximum atomic E-state index is 13.6. The van der Waals surface area contributed by atoms with Crippen LogP contribution in [-0.2, 0) is 0 Å². The van der Waals surface area contributed by atoms with Crippen LogP contribution in [0, 0.1) is 11.6 Å². The zero-order valence-corrected chi connectivity index (χ0v) is 12.5. The Kier molecular flexibility index (Phi) is 4.74. The first-order valence-electron chi connectivity index (χ1n) is 5.87. The summed E-state index contributed by atoms with van der Waals surface area (Å²) < 4.78 is 32.5. The molecule has 0 aliphatic heterocycles. The molecule has 0 fully saturated rings. The van der Waals surface area contributed by atoms with Gasteiger partial charge in [0.1, 0.15) is 11.4 Å². The molecule has 0 spiro atoms. The molecule has 0 radical (unpaired) electrons. The molecule has 0 aliphatic carbocycles. The largest absolute Gasteiger partial charge is 0.495 e. The number of halogens is 3. The van der Waals surface area contributed by atoms with Crippen molar-refractivity contribution >= 4 is 33.3 Å². The maximum Gasteiger partial charge on any atom is 0.323 e. The standard InChI is InChI=1S/C14H11BrF2N2O2/c1-21-12-5-3-2-4-11(12)18-14(20)19-13-9(16)6-8(15)7-10(13)17/h2-7H,1H3,(H2,18,19,20). The number of urea groups is 1. The average molecular weight is 357 g/mol. The third-order valence-corrected chi connectivity index (χ3v) is 3.06. The van der Waals surface area contributed by atoms with E-state index in [1.54, 1.807) is 24.3 Å². The van der Waals surface area contributed by atoms with Gasteiger partial charge in [-0.15, -0.1) is 0 Å². The lowest BCUT2D eigenvalue weighted by molar-refractivity contribution is 0.261. The molecule has 2 aromatic rings. The van der Waals surface area contributed by atoms with Gasteiger partial charge in [-0.25, -0.2) is 13.6 Å². The van der Waals surface area contributed by atoms with Gasteiger partial charge >= 0.3 is 6.03 Å². The number of methoxy groups -OCH3 is 1. The summed E-state index contributed by atoms with van der Waals surface area (Å²) in [6, 6.07) is 8.02. The van der Waals surface area contributed by atoms with Crippen LogP contribution in [0.5, 0.6) is 5.75 Å². The van der Waals surface area contributed by atoms with E-state index in [4.69, 9.17) is 4.74 Å². The van der Waals surface area contributed by atoms with Gasteiger partial charge in [0.15, 0.2) is 11.6 Å². The summed E-state index contributed by atoms with van der Waals surface area (Å²) in [6.45, 7) is 0. The summed E-state index contributed by atoms with van der Waals surface area (Å²) in [5, 5.41) is 4.59. The fraction of sp³-hybridized carbons (Fsp3) is 0.0714. The van der Waals surface area contributed by atoms with Crippen molar-refractivity contribution in [2.75, 3.05) is 17.7 Å². The summed E-state index contributed by atoms with van der Waals surface area (Å²) >= 11 is 2.96. The fourth-order valence-corrected chi connectivity index (χ4v) is 2.08. The summed E-state index contributed by atoms with van der Waals surface area (Å²) in [7, 11) is 1.45. The van der Waals surface area contributed by atoms with Gasteiger partial charge in [0.2, 0.25) is 0 Å². The van der Waals surface area contributed by atoms with Crippen LogP contribution in [0.4, 0.5) is 25.0 Å². The van der Waals surface area contributed by atoms with E-state index in [-0.39, 0.29) is 4.47 Å². The number of hydrogen-bond acceptors (Lipinski definition) is 2. The number of carbonyl (C=O) groups is 1. The average Bonchev–Trinajstić information content (AvgIpc) is 2.43. The van der Waals surface area contributed by atoms with Crippen LogP contribution in [0.25, 0.3) is 0 Å². The number of ether oxygens (including phenoxy) is 1. The first-order chi connectivity index (χ1) is 10.0. The molecule has 0 atom stereocenters. The van der Waals surface area contributed by atoms with E-state index < -0.39 is 23.4 Å². The second kappa shape index (κ2) is 6.53. The maximum absolute atomic E-state index is 13.6. The van der Waals surface area contributed by atoms with Gasteiger partial charge in [0.25, 0.3) is 0 Å². The van der Waals surface area contributed by atoms with Crippen LogP contribution in [0.15, 0.2) is 40.9 Å². The Morgan fingerprint density at radius 3 is 2.38 bits per heavy atom. The molecule has 2 N–H and O–H groups in total. The molecule has 7 heteroatoms. The molecule has 2 amide bonds. The van der Waals surface area contributed by atoms with Crippen LogP contribution in [0.3, 0.4) is 0 Å². The molecule has 0 saturated heterocycles. The van der Waals surface area contributed by atoms with Crippen molar-refractivity contribution in [1.29, 1.82) is 0 Å². The summed E-state index contributed by atoms with van der Waals surface area (Å²) in [4.78, 5) is 11.8. The molecule has 0 bridgehead atoms. The molecular weight excluding hydrogens is 346 g/mol. The van der Waals surface area contributed by atoms with E-state index >= 15 is 0 Å². The van der Waals surface area contributed by atoms with Crippen molar-refractivity contribution < 1.29 is 18.3 Å². The Morgan fingerprint density at radius 2 is 1.76 bits per heavy atom. The van der Waals surface area contributed by atoms with Crippen molar-refractivity contribution in [3.05, 3.63) is 52.5 Å². The van der Waals surface area contributed by atoms with E-state index in [1.807, 2.05) is 0 Å². The number of carbonyl (C=O) groups excluding carboxylic acids is 1. The van der Waals surface area contributed by atoms with Gasteiger partial charge in [0, 0.05) is 4.47 Å². The highest BCUT2D eigenvalue weighted by Crippen LogP contribution is 2.25. The first-order valence-corrected chi connectivity index (χ1v) is 6.66. The second-order valence-electron chi connectivity index (χ2n) is 4.02. The van der Waals surface area contributed by atoms with E-state index in [0.29, 0.717) is 11.4 Å². The van der Waals surface area contributed by atoms with Crippen molar-refractivity contribution in [2.24, 2.45) is 0 Å². The molecule has 2 aromatic carbocycles. The monoisotopic (exact) mass is 356 g/mol. The zero-order chi connectivity index (χ0) is 15.4. The quantitative estimate of drug-likeness (QED) is 0.857. The molecule has 0 unspecified atom stereocenters. The summed E-state index contributed by atoms with van der Waals surface area (Å²) in [5.41, 5.74) is -0.138. The highest BCUT2D eigenvalue weighted by molar-refractivity contribution is 9.10. The van der Waals surface area contributed by atoms with E-state index in [9.17, 15) is 13.6 Å². The van der Waals surface area contributed by atoms with Crippen LogP contribution < -0.4 is 15.4 Å². The summed E-state index contributed by atoms with van der Waals surface area (Å²) in [5.74, 6) is -1.32. The van der Waals surface area contributed by atoms with Crippen LogP contribution in [-0.4, -0.2) is 13.1 Å². The minimum atomic E-state index is -0.878. The molecule has 0 saturated carbocycles. The van der Waals surface area contributed by atoms with Crippen molar-refractivity contribution in [1.82, 2.24) is 0 Å². The van der Waals surface area contributed by atoms with Gasteiger partial charge in [-0.3, -0.25) is 0 Å². The van der Waals surface area contributed by atoms with Gasteiger partial charge < -0.3 is 15.4 Å². The van der Waals surface area contributed by atoms with E-state index in [2.05, 4.69) is 26.6 Å². The molecule has 4 nitrogen and oxygen atoms in total. The molecule has 0 aromatic heterocycles. The summed E-state index contributed by atoms with van der Waals surface area (Å²) in [6.07, 6.45) is 0. The Bertz CT molecular complexity index is 657. The number of rotatable bonds is 3. The topological polar surface area (TPSA) is 50.4 Å². The normalized spacial score (nSPS) is 10.1. The Hall–Kier alpha value is -2.15. The van der Waals surface area contributed by atoms with Crippen LogP contribution in [0.2, 0.25) is 0 Å². The zero-order valence-electron chi connectivity index (χ0n) is 10.9.